The summed E-state index contributed by atoms with van der Waals surface area (Å²) in [5.41, 5.74) is 3.71. The van der Waals surface area contributed by atoms with E-state index in [2.05, 4.69) is 40.2 Å². The number of pyridine rings is 1. The quantitative estimate of drug-likeness (QED) is 0.611. The third kappa shape index (κ3) is 4.60. The first kappa shape index (κ1) is 22.7. The Morgan fingerprint density at radius 2 is 1.68 bits per heavy atom. The highest BCUT2D eigenvalue weighted by molar-refractivity contribution is 5.87. The van der Waals surface area contributed by atoms with Gasteiger partial charge in [-0.3, -0.25) is 9.69 Å². The van der Waals surface area contributed by atoms with E-state index < -0.39 is 5.60 Å². The number of benzene rings is 2. The van der Waals surface area contributed by atoms with Crippen LogP contribution in [0.25, 0.3) is 22.0 Å². The van der Waals surface area contributed by atoms with Gasteiger partial charge in [-0.1, -0.05) is 36.4 Å². The van der Waals surface area contributed by atoms with Crippen molar-refractivity contribution in [3.63, 3.8) is 0 Å². The van der Waals surface area contributed by atoms with Crippen LogP contribution in [0.15, 0.2) is 53.3 Å². The molecule has 2 saturated heterocycles. The summed E-state index contributed by atoms with van der Waals surface area (Å²) in [4.78, 5) is 32.3. The highest BCUT2D eigenvalue weighted by atomic mass is 16.6. The van der Waals surface area contributed by atoms with Gasteiger partial charge in [0.15, 0.2) is 0 Å². The van der Waals surface area contributed by atoms with Gasteiger partial charge in [0.25, 0.3) is 5.56 Å². The summed E-state index contributed by atoms with van der Waals surface area (Å²) in [6.45, 7) is 12.2. The lowest BCUT2D eigenvalue weighted by molar-refractivity contribution is 0.0274. The molecule has 3 aromatic rings. The average molecular weight is 460 g/mol. The zero-order valence-electron chi connectivity index (χ0n) is 20.4. The van der Waals surface area contributed by atoms with Crippen LogP contribution in [0, 0.1) is 18.8 Å². The Morgan fingerprint density at radius 1 is 1.00 bits per heavy atom. The number of nitrogens with one attached hydrogen (secondary N) is 1. The van der Waals surface area contributed by atoms with Gasteiger partial charge in [0.2, 0.25) is 0 Å². The largest absolute Gasteiger partial charge is 0.444 e. The molecule has 5 rings (SSSR count). The van der Waals surface area contributed by atoms with E-state index in [0.29, 0.717) is 11.8 Å². The van der Waals surface area contributed by atoms with Gasteiger partial charge in [0.05, 0.1) is 0 Å². The van der Waals surface area contributed by atoms with E-state index in [1.165, 1.54) is 5.56 Å². The van der Waals surface area contributed by atoms with Crippen LogP contribution in [0.3, 0.4) is 0 Å². The molecule has 2 aliphatic rings. The predicted molar refractivity (Wildman–Crippen MR) is 135 cm³/mol. The summed E-state index contributed by atoms with van der Waals surface area (Å²) in [5, 5.41) is 1.72. The number of carbonyl (C=O) groups excluding carboxylic acids is 1. The van der Waals surface area contributed by atoms with E-state index >= 15 is 0 Å². The lowest BCUT2D eigenvalue weighted by Gasteiger charge is -2.26. The van der Waals surface area contributed by atoms with Crippen molar-refractivity contribution in [2.24, 2.45) is 11.8 Å². The maximum atomic E-state index is 12.6. The maximum Gasteiger partial charge on any atom is 0.410 e. The molecule has 0 aliphatic carbocycles. The Labute approximate surface area is 200 Å². The second-order valence-electron chi connectivity index (χ2n) is 10.8. The van der Waals surface area contributed by atoms with E-state index in [-0.39, 0.29) is 11.7 Å². The molecule has 1 aromatic heterocycles. The summed E-state index contributed by atoms with van der Waals surface area (Å²) in [6.07, 6.45) is -0.189. The first-order valence-corrected chi connectivity index (χ1v) is 12.1. The van der Waals surface area contributed by atoms with Crippen molar-refractivity contribution in [1.29, 1.82) is 0 Å². The van der Waals surface area contributed by atoms with Gasteiger partial charge in [-0.05, 0) is 73.7 Å². The molecule has 6 nitrogen and oxygen atoms in total. The van der Waals surface area contributed by atoms with Crippen molar-refractivity contribution >= 4 is 16.9 Å². The molecule has 178 valence electrons. The molecule has 1 amide bonds. The van der Waals surface area contributed by atoms with Crippen LogP contribution in [-0.4, -0.2) is 52.7 Å². The molecule has 2 fully saturated rings. The standard InChI is InChI=1S/C28H33N3O3/c1-18-6-5-7-23-24(18)12-25(29-26(23)32)20-10-8-19(9-11-20)13-30-14-21-16-31(17-22(21)15-30)27(33)34-28(2,3)4/h5-12,21-22H,13-17H2,1-4H3,(H,29,32)/t21-,22+. The lowest BCUT2D eigenvalue weighted by Crippen LogP contribution is -2.37. The molecule has 0 spiro atoms. The van der Waals surface area contributed by atoms with Crippen LogP contribution in [0.5, 0.6) is 0 Å². The van der Waals surface area contributed by atoms with Gasteiger partial charge in [0.1, 0.15) is 5.60 Å². The van der Waals surface area contributed by atoms with Crippen molar-refractivity contribution in [2.75, 3.05) is 26.2 Å². The maximum absolute atomic E-state index is 12.6. The van der Waals surface area contributed by atoms with Crippen LogP contribution in [-0.2, 0) is 11.3 Å². The zero-order chi connectivity index (χ0) is 24.0. The molecule has 1 N–H and O–H groups in total. The number of amides is 1. The summed E-state index contributed by atoms with van der Waals surface area (Å²) in [6, 6.07) is 16.4. The van der Waals surface area contributed by atoms with Gasteiger partial charge >= 0.3 is 6.09 Å². The molecule has 0 unspecified atom stereocenters. The topological polar surface area (TPSA) is 65.6 Å². The van der Waals surface area contributed by atoms with E-state index in [9.17, 15) is 9.59 Å². The first-order valence-electron chi connectivity index (χ1n) is 12.1. The summed E-state index contributed by atoms with van der Waals surface area (Å²) in [7, 11) is 0. The second-order valence-corrected chi connectivity index (χ2v) is 10.8. The number of likely N-dealkylation sites (tertiary alicyclic amines) is 2. The molecular weight excluding hydrogens is 426 g/mol. The Hall–Kier alpha value is -3.12. The van der Waals surface area contributed by atoms with Crippen LogP contribution in [0.1, 0.15) is 31.9 Å². The number of hydrogen-bond acceptors (Lipinski definition) is 4. The highest BCUT2D eigenvalue weighted by Gasteiger charge is 2.42. The summed E-state index contributed by atoms with van der Waals surface area (Å²) >= 11 is 0. The minimum absolute atomic E-state index is 0.0516. The van der Waals surface area contributed by atoms with Crippen LogP contribution >= 0.6 is 0 Å². The van der Waals surface area contributed by atoms with Crippen molar-refractivity contribution in [3.8, 4) is 11.3 Å². The first-order chi connectivity index (χ1) is 16.2. The molecule has 0 saturated carbocycles. The van der Waals surface area contributed by atoms with Crippen molar-refractivity contribution in [3.05, 3.63) is 70.0 Å². The van der Waals surface area contributed by atoms with E-state index in [1.54, 1.807) is 0 Å². The van der Waals surface area contributed by atoms with Gasteiger partial charge < -0.3 is 14.6 Å². The van der Waals surface area contributed by atoms with E-state index in [1.807, 2.05) is 50.8 Å². The average Bonchev–Trinajstić information content (AvgIpc) is 3.33. The third-order valence-corrected chi connectivity index (χ3v) is 6.99. The monoisotopic (exact) mass is 459 g/mol. The fraction of sp³-hybridized carbons (Fsp3) is 0.429. The molecule has 0 radical (unpaired) electrons. The number of nitrogens with zero attached hydrogens (tertiary/aromatic N) is 2. The van der Waals surface area contributed by atoms with E-state index in [0.717, 1.165) is 60.3 Å². The number of H-pyrrole nitrogens is 1. The number of ether oxygens (including phenoxy) is 1. The molecule has 6 heteroatoms. The number of aromatic amines is 1. The fourth-order valence-electron chi connectivity index (χ4n) is 5.34. The number of hydrogen-bond donors (Lipinski definition) is 1. The molecular formula is C28H33N3O3. The normalized spacial score (nSPS) is 20.6. The van der Waals surface area contributed by atoms with Gasteiger partial charge in [-0.15, -0.1) is 0 Å². The molecule has 0 bridgehead atoms. The Bertz CT molecular complexity index is 1260. The van der Waals surface area contributed by atoms with Gasteiger partial charge in [0, 0.05) is 43.8 Å². The SMILES string of the molecule is Cc1cccc2c(=O)[nH]c(-c3ccc(CN4C[C@@H]5CN(C(=O)OC(C)(C)C)C[C@@H]5C4)cc3)cc12. The number of fused-ring (bicyclic) bond motifs is 2. The third-order valence-electron chi connectivity index (χ3n) is 6.99. The summed E-state index contributed by atoms with van der Waals surface area (Å²) in [5.74, 6) is 1.02. The molecule has 34 heavy (non-hydrogen) atoms. The Morgan fingerprint density at radius 3 is 2.32 bits per heavy atom. The highest BCUT2D eigenvalue weighted by Crippen LogP contribution is 2.33. The minimum Gasteiger partial charge on any atom is -0.444 e. The van der Waals surface area contributed by atoms with Crippen molar-refractivity contribution in [2.45, 2.75) is 39.8 Å². The molecule has 2 aliphatic heterocycles. The molecule has 3 heterocycles. The predicted octanol–water partition coefficient (Wildman–Crippen LogP) is 4.80. The Balaban J connectivity index is 1.22. The number of carbonyl (C=O) groups is 1. The Kier molecular flexibility index (Phi) is 5.72. The minimum atomic E-state index is -0.453. The number of aromatic nitrogens is 1. The smallest absolute Gasteiger partial charge is 0.410 e. The van der Waals surface area contributed by atoms with E-state index in [4.69, 9.17) is 4.74 Å². The van der Waals surface area contributed by atoms with Gasteiger partial charge in [-0.2, -0.15) is 0 Å². The second kappa shape index (κ2) is 8.58. The van der Waals surface area contributed by atoms with Crippen molar-refractivity contribution < 1.29 is 9.53 Å². The molecule has 2 aromatic carbocycles. The zero-order valence-corrected chi connectivity index (χ0v) is 20.4. The van der Waals surface area contributed by atoms with Crippen LogP contribution in [0.4, 0.5) is 4.79 Å². The molecule has 2 atom stereocenters. The summed E-state index contributed by atoms with van der Waals surface area (Å²) < 4.78 is 5.55. The number of aryl methyl sites for hydroxylation is 1. The van der Waals surface area contributed by atoms with Gasteiger partial charge in [-0.25, -0.2) is 4.79 Å². The fourth-order valence-corrected chi connectivity index (χ4v) is 5.34. The van der Waals surface area contributed by atoms with Crippen LogP contribution < -0.4 is 5.56 Å². The number of rotatable bonds is 3. The van der Waals surface area contributed by atoms with Crippen molar-refractivity contribution in [1.82, 2.24) is 14.8 Å². The van der Waals surface area contributed by atoms with Crippen LogP contribution in [0.2, 0.25) is 0 Å². The lowest BCUT2D eigenvalue weighted by atomic mass is 10.0.